The van der Waals surface area contributed by atoms with E-state index in [2.05, 4.69) is 9.88 Å². The van der Waals surface area contributed by atoms with E-state index < -0.39 is 0 Å². The number of esters is 1. The Morgan fingerprint density at radius 1 is 1.25 bits per heavy atom. The number of methoxy groups -OCH3 is 1. The quantitative estimate of drug-likeness (QED) is 0.476. The van der Waals surface area contributed by atoms with Gasteiger partial charge in [-0.05, 0) is 12.1 Å². The summed E-state index contributed by atoms with van der Waals surface area (Å²) in [6.45, 7) is 3.24. The van der Waals surface area contributed by atoms with E-state index in [0.717, 1.165) is 37.3 Å². The second-order valence-corrected chi connectivity index (χ2v) is 5.62. The van der Waals surface area contributed by atoms with Gasteiger partial charge in [-0.1, -0.05) is 0 Å². The van der Waals surface area contributed by atoms with Crippen molar-refractivity contribution in [2.24, 2.45) is 0 Å². The van der Waals surface area contributed by atoms with Gasteiger partial charge in [0.2, 0.25) is 0 Å². The first-order valence-electron chi connectivity index (χ1n) is 7.65. The Labute approximate surface area is 138 Å². The summed E-state index contributed by atoms with van der Waals surface area (Å²) in [5, 5.41) is 12.5. The molecule has 1 aliphatic heterocycles. The number of piperazine rings is 1. The number of rotatable bonds is 4. The molecule has 0 atom stereocenters. The zero-order valence-corrected chi connectivity index (χ0v) is 13.3. The Morgan fingerprint density at radius 2 is 2.00 bits per heavy atom. The predicted octanol–water partition coefficient (Wildman–Crippen LogP) is 1.44. The van der Waals surface area contributed by atoms with Crippen molar-refractivity contribution >= 4 is 28.1 Å². The molecule has 0 bridgehead atoms. The molecule has 8 heteroatoms. The number of hydrogen-bond acceptors (Lipinski definition) is 7. The van der Waals surface area contributed by atoms with Crippen molar-refractivity contribution in [1.82, 2.24) is 9.88 Å². The van der Waals surface area contributed by atoms with E-state index in [0.29, 0.717) is 5.39 Å². The van der Waals surface area contributed by atoms with Crippen molar-refractivity contribution in [3.63, 3.8) is 0 Å². The number of non-ortho nitro benzene ring substituents is 1. The van der Waals surface area contributed by atoms with E-state index in [4.69, 9.17) is 4.74 Å². The minimum Gasteiger partial charge on any atom is -0.468 e. The molecule has 1 aromatic carbocycles. The molecule has 1 fully saturated rings. The first-order valence-corrected chi connectivity index (χ1v) is 7.65. The van der Waals surface area contributed by atoms with Crippen LogP contribution in [0.2, 0.25) is 0 Å². The van der Waals surface area contributed by atoms with E-state index in [1.54, 1.807) is 18.3 Å². The van der Waals surface area contributed by atoms with Gasteiger partial charge in [0.25, 0.3) is 5.69 Å². The fourth-order valence-corrected chi connectivity index (χ4v) is 2.99. The summed E-state index contributed by atoms with van der Waals surface area (Å²) >= 11 is 0. The molecule has 0 amide bonds. The molecule has 2 heterocycles. The van der Waals surface area contributed by atoms with Crippen LogP contribution in [-0.4, -0.2) is 60.6 Å². The summed E-state index contributed by atoms with van der Waals surface area (Å²) in [5.74, 6) is -0.240. The first kappa shape index (κ1) is 16.1. The average molecular weight is 330 g/mol. The third-order valence-electron chi connectivity index (χ3n) is 4.26. The number of pyridine rings is 1. The molecule has 24 heavy (non-hydrogen) atoms. The molecule has 1 aromatic heterocycles. The monoisotopic (exact) mass is 330 g/mol. The molecule has 2 aromatic rings. The molecule has 126 valence electrons. The summed E-state index contributed by atoms with van der Waals surface area (Å²) in [5.41, 5.74) is 1.02. The highest BCUT2D eigenvalue weighted by Crippen LogP contribution is 2.33. The van der Waals surface area contributed by atoms with Gasteiger partial charge in [-0.2, -0.15) is 0 Å². The van der Waals surface area contributed by atoms with Gasteiger partial charge >= 0.3 is 5.97 Å². The van der Waals surface area contributed by atoms with Crippen molar-refractivity contribution in [2.45, 2.75) is 0 Å². The van der Waals surface area contributed by atoms with Crippen LogP contribution in [0.4, 0.5) is 11.4 Å². The molecule has 0 radical (unpaired) electrons. The zero-order valence-electron chi connectivity index (χ0n) is 13.3. The number of fused-ring (bicyclic) bond motifs is 1. The van der Waals surface area contributed by atoms with Crippen LogP contribution >= 0.6 is 0 Å². The summed E-state index contributed by atoms with van der Waals surface area (Å²) in [6, 6.07) is 5.12. The number of nitrogens with zero attached hydrogens (tertiary/aromatic N) is 4. The maximum atomic E-state index is 11.4. The van der Waals surface area contributed by atoms with Crippen LogP contribution in [0, 0.1) is 10.1 Å². The number of nitro groups is 1. The topological polar surface area (TPSA) is 88.8 Å². The number of carbonyl (C=O) groups is 1. The van der Waals surface area contributed by atoms with Crippen LogP contribution in [-0.2, 0) is 9.53 Å². The predicted molar refractivity (Wildman–Crippen MR) is 89.1 cm³/mol. The average Bonchev–Trinajstić information content (AvgIpc) is 2.61. The van der Waals surface area contributed by atoms with Crippen molar-refractivity contribution < 1.29 is 14.5 Å². The van der Waals surface area contributed by atoms with Gasteiger partial charge in [0.15, 0.2) is 0 Å². The Bertz CT molecular complexity index is 772. The maximum Gasteiger partial charge on any atom is 0.319 e. The maximum absolute atomic E-state index is 11.4. The standard InChI is InChI=1S/C16H18N4O4/c1-24-16(21)11-18-6-8-19(9-7-18)14-2-3-15(20(22)23)13-10-17-5-4-12(13)14/h2-5,10H,6-9,11H2,1H3. The number of nitro benzene ring substituents is 1. The van der Waals surface area contributed by atoms with Crippen LogP contribution < -0.4 is 4.90 Å². The SMILES string of the molecule is COC(=O)CN1CCN(c2ccc([N+](=O)[O-])c3cnccc23)CC1. The third-order valence-corrected chi connectivity index (χ3v) is 4.26. The Balaban J connectivity index is 1.83. The largest absolute Gasteiger partial charge is 0.468 e. The van der Waals surface area contributed by atoms with Crippen molar-refractivity contribution in [2.75, 3.05) is 44.7 Å². The Morgan fingerprint density at radius 3 is 2.67 bits per heavy atom. The summed E-state index contributed by atoms with van der Waals surface area (Å²) < 4.78 is 4.69. The van der Waals surface area contributed by atoms with E-state index in [-0.39, 0.29) is 23.1 Å². The zero-order chi connectivity index (χ0) is 17.1. The summed E-state index contributed by atoms with van der Waals surface area (Å²) in [7, 11) is 1.38. The highest BCUT2D eigenvalue weighted by Gasteiger charge is 2.22. The number of aromatic nitrogens is 1. The second kappa shape index (κ2) is 6.79. The number of anilines is 1. The Kier molecular flexibility index (Phi) is 4.57. The molecule has 0 aliphatic carbocycles. The molecular weight excluding hydrogens is 312 g/mol. The third kappa shape index (κ3) is 3.13. The van der Waals surface area contributed by atoms with Crippen LogP contribution in [0.3, 0.4) is 0 Å². The van der Waals surface area contributed by atoms with E-state index in [9.17, 15) is 14.9 Å². The summed E-state index contributed by atoms with van der Waals surface area (Å²) in [6.07, 6.45) is 3.17. The highest BCUT2D eigenvalue weighted by molar-refractivity contribution is 5.99. The molecule has 0 N–H and O–H groups in total. The Hall–Kier alpha value is -2.74. The lowest BCUT2D eigenvalue weighted by atomic mass is 10.1. The molecule has 1 aliphatic rings. The van der Waals surface area contributed by atoms with E-state index in [1.165, 1.54) is 19.4 Å². The molecule has 3 rings (SSSR count). The van der Waals surface area contributed by atoms with Gasteiger partial charge in [0.05, 0.1) is 24.0 Å². The van der Waals surface area contributed by atoms with Gasteiger partial charge in [-0.15, -0.1) is 0 Å². The van der Waals surface area contributed by atoms with E-state index >= 15 is 0 Å². The van der Waals surface area contributed by atoms with Crippen LogP contribution in [0.15, 0.2) is 30.6 Å². The number of carbonyl (C=O) groups excluding carboxylic acids is 1. The second-order valence-electron chi connectivity index (χ2n) is 5.62. The number of benzene rings is 1. The molecule has 8 nitrogen and oxygen atoms in total. The van der Waals surface area contributed by atoms with Crippen LogP contribution in [0.1, 0.15) is 0 Å². The lowest BCUT2D eigenvalue weighted by Gasteiger charge is -2.36. The number of hydrogen-bond donors (Lipinski definition) is 0. The molecule has 0 saturated carbocycles. The molecule has 1 saturated heterocycles. The minimum absolute atomic E-state index is 0.0613. The fraction of sp³-hybridized carbons (Fsp3) is 0.375. The lowest BCUT2D eigenvalue weighted by Crippen LogP contribution is -2.48. The van der Waals surface area contributed by atoms with Gasteiger partial charge in [0, 0.05) is 55.7 Å². The van der Waals surface area contributed by atoms with Crippen molar-refractivity contribution in [3.05, 3.63) is 40.7 Å². The van der Waals surface area contributed by atoms with Crippen LogP contribution in [0.5, 0.6) is 0 Å². The smallest absolute Gasteiger partial charge is 0.319 e. The van der Waals surface area contributed by atoms with Crippen LogP contribution in [0.25, 0.3) is 10.8 Å². The van der Waals surface area contributed by atoms with Gasteiger partial charge in [-0.3, -0.25) is 24.8 Å². The van der Waals surface area contributed by atoms with Gasteiger partial charge in [0.1, 0.15) is 0 Å². The van der Waals surface area contributed by atoms with Crippen molar-refractivity contribution in [1.29, 1.82) is 0 Å². The fourth-order valence-electron chi connectivity index (χ4n) is 2.99. The van der Waals surface area contributed by atoms with E-state index in [1.807, 2.05) is 4.90 Å². The molecule has 0 spiro atoms. The van der Waals surface area contributed by atoms with Crippen molar-refractivity contribution in [3.8, 4) is 0 Å². The van der Waals surface area contributed by atoms with Gasteiger partial charge < -0.3 is 9.64 Å². The summed E-state index contributed by atoms with van der Waals surface area (Å²) in [4.78, 5) is 30.4. The highest BCUT2D eigenvalue weighted by atomic mass is 16.6. The minimum atomic E-state index is -0.387. The molecule has 0 unspecified atom stereocenters. The first-order chi connectivity index (χ1) is 11.6. The number of ether oxygens (including phenoxy) is 1. The molecular formula is C16H18N4O4. The van der Waals surface area contributed by atoms with Gasteiger partial charge in [-0.25, -0.2) is 0 Å². The lowest BCUT2D eigenvalue weighted by molar-refractivity contribution is -0.383. The normalized spacial score (nSPS) is 15.5.